The van der Waals surface area contributed by atoms with Gasteiger partial charge >= 0.3 is 0 Å². The maximum absolute atomic E-state index is 13.2. The maximum Gasteiger partial charge on any atom is 0.245 e. The van der Waals surface area contributed by atoms with E-state index in [0.717, 1.165) is 28.8 Å². The van der Waals surface area contributed by atoms with Gasteiger partial charge in [0.05, 0.1) is 19.1 Å². The first kappa shape index (κ1) is 19.9. The van der Waals surface area contributed by atoms with Gasteiger partial charge in [-0.15, -0.1) is 0 Å². The van der Waals surface area contributed by atoms with Crippen molar-refractivity contribution in [3.63, 3.8) is 0 Å². The number of nitrogens with zero attached hydrogens (tertiary/aromatic N) is 1. The summed E-state index contributed by atoms with van der Waals surface area (Å²) in [6.07, 6.45) is 0.915. The second kappa shape index (κ2) is 7.88. The summed E-state index contributed by atoms with van der Waals surface area (Å²) in [6.45, 7) is -0.617. The molecule has 1 amide bonds. The third kappa shape index (κ3) is 4.83. The van der Waals surface area contributed by atoms with Gasteiger partial charge < -0.3 is 10.1 Å². The summed E-state index contributed by atoms with van der Waals surface area (Å²) >= 11 is 5.91. The summed E-state index contributed by atoms with van der Waals surface area (Å²) in [7, 11) is -2.53. The Balaban J connectivity index is 2.30. The predicted molar refractivity (Wildman–Crippen MR) is 95.2 cm³/mol. The highest BCUT2D eigenvalue weighted by Gasteiger charge is 2.24. The molecule has 0 bridgehead atoms. The number of rotatable bonds is 6. The first-order valence-electron chi connectivity index (χ1n) is 7.18. The normalized spacial score (nSPS) is 11.1. The van der Waals surface area contributed by atoms with Crippen LogP contribution in [0.4, 0.5) is 20.2 Å². The minimum Gasteiger partial charge on any atom is -0.495 e. The fourth-order valence-electron chi connectivity index (χ4n) is 2.14. The van der Waals surface area contributed by atoms with Crippen molar-refractivity contribution in [2.75, 3.05) is 29.5 Å². The lowest BCUT2D eigenvalue weighted by Crippen LogP contribution is -2.37. The van der Waals surface area contributed by atoms with Crippen LogP contribution in [0.5, 0.6) is 5.75 Å². The zero-order valence-electron chi connectivity index (χ0n) is 13.8. The molecule has 10 heteroatoms. The average molecular weight is 405 g/mol. The molecule has 1 N–H and O–H groups in total. The molecule has 0 saturated carbocycles. The van der Waals surface area contributed by atoms with Gasteiger partial charge in [-0.1, -0.05) is 11.6 Å². The fourth-order valence-corrected chi connectivity index (χ4v) is 3.16. The van der Waals surface area contributed by atoms with Crippen molar-refractivity contribution in [3.05, 3.63) is 53.1 Å². The molecular weight excluding hydrogens is 390 g/mol. The lowest BCUT2D eigenvalue weighted by atomic mass is 10.2. The average Bonchev–Trinajstić information content (AvgIpc) is 2.55. The highest BCUT2D eigenvalue weighted by Crippen LogP contribution is 2.32. The van der Waals surface area contributed by atoms with Crippen LogP contribution in [0.1, 0.15) is 0 Å². The topological polar surface area (TPSA) is 75.7 Å². The quantitative estimate of drug-likeness (QED) is 0.803. The van der Waals surface area contributed by atoms with Gasteiger partial charge in [-0.25, -0.2) is 17.2 Å². The summed E-state index contributed by atoms with van der Waals surface area (Å²) in [5.74, 6) is -2.77. The number of methoxy groups -OCH3 is 1. The first-order chi connectivity index (χ1) is 12.1. The van der Waals surface area contributed by atoms with Crippen LogP contribution >= 0.6 is 11.6 Å². The zero-order valence-corrected chi connectivity index (χ0v) is 15.4. The maximum atomic E-state index is 13.2. The van der Waals surface area contributed by atoms with Crippen molar-refractivity contribution in [2.24, 2.45) is 0 Å². The number of benzene rings is 2. The van der Waals surface area contributed by atoms with Crippen molar-refractivity contribution in [3.8, 4) is 5.75 Å². The van der Waals surface area contributed by atoms with E-state index in [1.807, 2.05) is 0 Å². The molecule has 0 atom stereocenters. The Hall–Kier alpha value is -2.39. The van der Waals surface area contributed by atoms with Crippen LogP contribution in [0.2, 0.25) is 5.02 Å². The molecule has 0 spiro atoms. The van der Waals surface area contributed by atoms with Crippen LogP contribution in [0.25, 0.3) is 0 Å². The van der Waals surface area contributed by atoms with E-state index < -0.39 is 34.1 Å². The minimum absolute atomic E-state index is 0.0135. The molecule has 2 aromatic rings. The van der Waals surface area contributed by atoms with E-state index in [0.29, 0.717) is 0 Å². The van der Waals surface area contributed by atoms with E-state index >= 15 is 0 Å². The highest BCUT2D eigenvalue weighted by molar-refractivity contribution is 7.92. The molecule has 0 unspecified atom stereocenters. The Morgan fingerprint density at radius 1 is 1.19 bits per heavy atom. The van der Waals surface area contributed by atoms with Gasteiger partial charge in [0.2, 0.25) is 15.9 Å². The number of hydrogen-bond donors (Lipinski definition) is 1. The van der Waals surface area contributed by atoms with E-state index in [1.165, 1.54) is 25.3 Å². The van der Waals surface area contributed by atoms with Crippen LogP contribution < -0.4 is 14.4 Å². The van der Waals surface area contributed by atoms with Crippen LogP contribution in [0.3, 0.4) is 0 Å². The van der Waals surface area contributed by atoms with Crippen molar-refractivity contribution in [1.82, 2.24) is 0 Å². The largest absolute Gasteiger partial charge is 0.495 e. The standard InChI is InChI=1S/C16H15ClF2N2O4S/c1-25-15-6-3-10(17)7-14(15)21(26(2,23)24)9-16(22)20-11-4-5-12(18)13(19)8-11/h3-8H,9H2,1-2H3,(H,20,22). The van der Waals surface area contributed by atoms with Crippen LogP contribution in [0.15, 0.2) is 36.4 Å². The molecular formula is C16H15ClF2N2O4S. The number of carbonyl (C=O) groups is 1. The van der Waals surface area contributed by atoms with Gasteiger partial charge in [0.1, 0.15) is 12.3 Å². The number of hydrogen-bond acceptors (Lipinski definition) is 4. The molecule has 0 aliphatic rings. The van der Waals surface area contributed by atoms with Crippen molar-refractivity contribution >= 4 is 38.9 Å². The Morgan fingerprint density at radius 2 is 1.88 bits per heavy atom. The Labute approximate surface area is 154 Å². The molecule has 2 aromatic carbocycles. The van der Waals surface area contributed by atoms with Gasteiger partial charge in [-0.3, -0.25) is 9.10 Å². The Bertz CT molecular complexity index is 938. The van der Waals surface area contributed by atoms with E-state index in [9.17, 15) is 22.0 Å². The number of amides is 1. The molecule has 6 nitrogen and oxygen atoms in total. The predicted octanol–water partition coefficient (Wildman–Crippen LogP) is 3.03. The summed E-state index contributed by atoms with van der Waals surface area (Å²) in [4.78, 5) is 12.2. The van der Waals surface area contributed by atoms with Gasteiger partial charge in [0.25, 0.3) is 0 Å². The number of halogens is 3. The summed E-state index contributed by atoms with van der Waals surface area (Å²) in [5, 5.41) is 2.55. The molecule has 0 saturated heterocycles. The number of sulfonamides is 1. The van der Waals surface area contributed by atoms with Crippen LogP contribution in [-0.4, -0.2) is 34.2 Å². The van der Waals surface area contributed by atoms with Gasteiger partial charge in [-0.05, 0) is 30.3 Å². The SMILES string of the molecule is COc1ccc(Cl)cc1N(CC(=O)Nc1ccc(F)c(F)c1)S(C)(=O)=O. The molecule has 26 heavy (non-hydrogen) atoms. The molecule has 0 radical (unpaired) electrons. The van der Waals surface area contributed by atoms with Crippen molar-refractivity contribution in [1.29, 1.82) is 0 Å². The summed E-state index contributed by atoms with van der Waals surface area (Å²) in [6, 6.07) is 7.10. The van der Waals surface area contributed by atoms with Crippen LogP contribution in [-0.2, 0) is 14.8 Å². The molecule has 0 aliphatic carbocycles. The monoisotopic (exact) mass is 404 g/mol. The zero-order chi connectivity index (χ0) is 19.5. The van der Waals surface area contributed by atoms with E-state index in [2.05, 4.69) is 5.32 Å². The fraction of sp³-hybridized carbons (Fsp3) is 0.188. The van der Waals surface area contributed by atoms with E-state index in [1.54, 1.807) is 0 Å². The lowest BCUT2D eigenvalue weighted by Gasteiger charge is -2.24. The number of anilines is 2. The Morgan fingerprint density at radius 3 is 2.46 bits per heavy atom. The van der Waals surface area contributed by atoms with E-state index in [-0.39, 0.29) is 22.1 Å². The lowest BCUT2D eigenvalue weighted by molar-refractivity contribution is -0.114. The summed E-state index contributed by atoms with van der Waals surface area (Å²) < 4.78 is 56.4. The molecule has 0 aromatic heterocycles. The van der Waals surface area contributed by atoms with Gasteiger partial charge in [0, 0.05) is 16.8 Å². The number of nitrogens with one attached hydrogen (secondary N) is 1. The second-order valence-electron chi connectivity index (χ2n) is 5.26. The van der Waals surface area contributed by atoms with Crippen LogP contribution in [0, 0.1) is 11.6 Å². The van der Waals surface area contributed by atoms with Crippen molar-refractivity contribution in [2.45, 2.75) is 0 Å². The molecule has 140 valence electrons. The molecule has 0 aliphatic heterocycles. The smallest absolute Gasteiger partial charge is 0.245 e. The van der Waals surface area contributed by atoms with Crippen molar-refractivity contribution < 1.29 is 26.7 Å². The third-order valence-corrected chi connectivity index (χ3v) is 4.66. The molecule has 0 fully saturated rings. The highest BCUT2D eigenvalue weighted by atomic mass is 35.5. The molecule has 2 rings (SSSR count). The third-order valence-electron chi connectivity index (χ3n) is 3.30. The Kier molecular flexibility index (Phi) is 6.04. The number of carbonyl (C=O) groups excluding carboxylic acids is 1. The van der Waals surface area contributed by atoms with E-state index in [4.69, 9.17) is 16.3 Å². The second-order valence-corrected chi connectivity index (χ2v) is 7.61. The molecule has 0 heterocycles. The number of ether oxygens (including phenoxy) is 1. The summed E-state index contributed by atoms with van der Waals surface area (Å²) in [5.41, 5.74) is 0.0587. The first-order valence-corrected chi connectivity index (χ1v) is 9.40. The van der Waals surface area contributed by atoms with Gasteiger partial charge in [-0.2, -0.15) is 0 Å². The van der Waals surface area contributed by atoms with Gasteiger partial charge in [0.15, 0.2) is 11.6 Å². The minimum atomic E-state index is -3.87.